The molecule has 0 radical (unpaired) electrons. The summed E-state index contributed by atoms with van der Waals surface area (Å²) in [5.41, 5.74) is 1.97. The molecular weight excluding hydrogens is 260 g/mol. The van der Waals surface area contributed by atoms with Crippen LogP contribution in [0.2, 0.25) is 0 Å². The van der Waals surface area contributed by atoms with Crippen molar-refractivity contribution in [2.24, 2.45) is 0 Å². The Hall–Kier alpha value is -2.10. The third-order valence-corrected chi connectivity index (χ3v) is 3.20. The van der Waals surface area contributed by atoms with Crippen LogP contribution in [-0.2, 0) is 5.41 Å². The lowest BCUT2D eigenvalue weighted by Gasteiger charge is -2.21. The average molecular weight is 284 g/mol. The van der Waals surface area contributed by atoms with Gasteiger partial charge in [-0.3, -0.25) is 0 Å². The van der Waals surface area contributed by atoms with Crippen molar-refractivity contribution >= 4 is 17.3 Å². The number of nitrogens with one attached hydrogen (secondary N) is 2. The van der Waals surface area contributed by atoms with Gasteiger partial charge in [-0.2, -0.15) is 0 Å². The molecule has 0 unspecified atom stereocenters. The fraction of sp³-hybridized carbons (Fsp3) is 0.412. The highest BCUT2D eigenvalue weighted by Crippen LogP contribution is 2.28. The first-order valence-electron chi connectivity index (χ1n) is 7.37. The second-order valence-electron chi connectivity index (χ2n) is 6.14. The Labute approximate surface area is 127 Å². The monoisotopic (exact) mass is 284 g/mol. The summed E-state index contributed by atoms with van der Waals surface area (Å²) in [5.74, 6) is 2.59. The largest absolute Gasteiger partial charge is 0.370 e. The number of aromatic nitrogens is 2. The zero-order valence-electron chi connectivity index (χ0n) is 13.5. The molecule has 1 heterocycles. The Balaban J connectivity index is 2.45. The second-order valence-corrected chi connectivity index (χ2v) is 6.14. The average Bonchev–Trinajstić information content (AvgIpc) is 2.43. The zero-order chi connectivity index (χ0) is 15.5. The van der Waals surface area contributed by atoms with E-state index in [-0.39, 0.29) is 5.41 Å². The van der Waals surface area contributed by atoms with Crippen molar-refractivity contribution in [3.8, 4) is 0 Å². The van der Waals surface area contributed by atoms with Crippen molar-refractivity contribution in [2.75, 3.05) is 17.2 Å². The number of benzene rings is 1. The molecule has 1 aromatic carbocycles. The van der Waals surface area contributed by atoms with Crippen LogP contribution in [0.1, 0.15) is 39.1 Å². The molecule has 0 spiro atoms. The van der Waals surface area contributed by atoms with E-state index in [1.54, 1.807) is 0 Å². The molecule has 4 nitrogen and oxygen atoms in total. The van der Waals surface area contributed by atoms with Crippen LogP contribution in [0.15, 0.2) is 30.3 Å². The first kappa shape index (κ1) is 15.3. The van der Waals surface area contributed by atoms with E-state index in [0.29, 0.717) is 0 Å². The van der Waals surface area contributed by atoms with Crippen LogP contribution >= 0.6 is 0 Å². The van der Waals surface area contributed by atoms with Gasteiger partial charge in [0.2, 0.25) is 0 Å². The molecule has 0 aliphatic rings. The molecule has 0 atom stereocenters. The number of anilines is 3. The second kappa shape index (κ2) is 6.12. The molecule has 2 N–H and O–H groups in total. The van der Waals surface area contributed by atoms with Crippen molar-refractivity contribution in [1.82, 2.24) is 9.97 Å². The maximum absolute atomic E-state index is 4.72. The predicted octanol–water partition coefficient (Wildman–Crippen LogP) is 4.26. The lowest BCUT2D eigenvalue weighted by Crippen LogP contribution is -2.19. The minimum atomic E-state index is -0.0923. The lowest BCUT2D eigenvalue weighted by molar-refractivity contribution is 0.546. The van der Waals surface area contributed by atoms with Gasteiger partial charge in [-0.05, 0) is 26.0 Å². The third kappa shape index (κ3) is 3.72. The highest BCUT2D eigenvalue weighted by Gasteiger charge is 2.21. The summed E-state index contributed by atoms with van der Waals surface area (Å²) in [6.45, 7) is 11.3. The molecule has 1 aromatic heterocycles. The molecule has 0 aliphatic carbocycles. The van der Waals surface area contributed by atoms with Gasteiger partial charge >= 0.3 is 0 Å². The molecule has 4 heteroatoms. The highest BCUT2D eigenvalue weighted by molar-refractivity contribution is 5.64. The molecule has 0 aliphatic heterocycles. The molecular formula is C17H24N4. The molecule has 0 saturated carbocycles. The summed E-state index contributed by atoms with van der Waals surface area (Å²) in [5, 5.41) is 6.72. The van der Waals surface area contributed by atoms with Crippen molar-refractivity contribution < 1.29 is 0 Å². The number of rotatable bonds is 4. The van der Waals surface area contributed by atoms with Crippen molar-refractivity contribution in [3.05, 3.63) is 41.7 Å². The first-order valence-corrected chi connectivity index (χ1v) is 7.37. The minimum absolute atomic E-state index is 0.0923. The number of hydrogen-bond donors (Lipinski definition) is 2. The summed E-state index contributed by atoms with van der Waals surface area (Å²) in [7, 11) is 0. The van der Waals surface area contributed by atoms with E-state index >= 15 is 0 Å². The third-order valence-electron chi connectivity index (χ3n) is 3.20. The maximum Gasteiger partial charge on any atom is 0.139 e. The highest BCUT2D eigenvalue weighted by atomic mass is 15.1. The van der Waals surface area contributed by atoms with Crippen LogP contribution in [0, 0.1) is 6.92 Å². The Morgan fingerprint density at radius 1 is 1.00 bits per heavy atom. The van der Waals surface area contributed by atoms with Crippen LogP contribution in [0.5, 0.6) is 0 Å². The van der Waals surface area contributed by atoms with Gasteiger partial charge in [0, 0.05) is 23.2 Å². The number of hydrogen-bond acceptors (Lipinski definition) is 4. The molecule has 2 rings (SSSR count). The summed E-state index contributed by atoms with van der Waals surface area (Å²) >= 11 is 0. The van der Waals surface area contributed by atoms with E-state index in [1.807, 2.05) is 37.3 Å². The Bertz CT molecular complexity index is 600. The van der Waals surface area contributed by atoms with Gasteiger partial charge < -0.3 is 10.6 Å². The molecule has 0 fully saturated rings. The summed E-state index contributed by atoms with van der Waals surface area (Å²) in [6.07, 6.45) is 0. The van der Waals surface area contributed by atoms with Crippen molar-refractivity contribution in [2.45, 2.75) is 40.0 Å². The zero-order valence-corrected chi connectivity index (χ0v) is 13.5. The number of nitrogens with zero attached hydrogens (tertiary/aromatic N) is 2. The molecule has 0 amide bonds. The standard InChI is InChI=1S/C17H24N4/c1-6-18-14-12(2)15(19-13-10-8-7-9-11-13)21-16(20-14)17(3,4)5/h7-11H,6H2,1-5H3,(H2,18,19,20,21). The van der Waals surface area contributed by atoms with Gasteiger partial charge in [0.15, 0.2) is 0 Å². The van der Waals surface area contributed by atoms with E-state index in [4.69, 9.17) is 4.98 Å². The fourth-order valence-electron chi connectivity index (χ4n) is 1.97. The van der Waals surface area contributed by atoms with Gasteiger partial charge in [0.05, 0.1) is 0 Å². The SMILES string of the molecule is CCNc1nc(C(C)(C)C)nc(Nc2ccccc2)c1C. The van der Waals surface area contributed by atoms with Crippen molar-refractivity contribution in [3.63, 3.8) is 0 Å². The lowest BCUT2D eigenvalue weighted by atomic mass is 9.95. The van der Waals surface area contributed by atoms with Crippen LogP contribution in [0.3, 0.4) is 0 Å². The summed E-state index contributed by atoms with van der Waals surface area (Å²) < 4.78 is 0. The van der Waals surface area contributed by atoms with E-state index < -0.39 is 0 Å². The maximum atomic E-state index is 4.72. The van der Waals surface area contributed by atoms with Gasteiger partial charge in [-0.25, -0.2) is 9.97 Å². The van der Waals surface area contributed by atoms with Crippen LogP contribution in [-0.4, -0.2) is 16.5 Å². The van der Waals surface area contributed by atoms with Gasteiger partial charge in [0.1, 0.15) is 17.5 Å². The van der Waals surface area contributed by atoms with E-state index in [0.717, 1.165) is 35.3 Å². The van der Waals surface area contributed by atoms with E-state index in [9.17, 15) is 0 Å². The molecule has 21 heavy (non-hydrogen) atoms. The fourth-order valence-corrected chi connectivity index (χ4v) is 1.97. The molecule has 112 valence electrons. The summed E-state index contributed by atoms with van der Waals surface area (Å²) in [4.78, 5) is 9.39. The van der Waals surface area contributed by atoms with Gasteiger partial charge in [-0.15, -0.1) is 0 Å². The van der Waals surface area contributed by atoms with Gasteiger partial charge in [0.25, 0.3) is 0 Å². The predicted molar refractivity (Wildman–Crippen MR) is 89.4 cm³/mol. The smallest absolute Gasteiger partial charge is 0.139 e. The van der Waals surface area contributed by atoms with Crippen LogP contribution < -0.4 is 10.6 Å². The molecule has 0 bridgehead atoms. The van der Waals surface area contributed by atoms with E-state index in [2.05, 4.69) is 43.3 Å². The molecule has 2 aromatic rings. The van der Waals surface area contributed by atoms with Gasteiger partial charge in [-0.1, -0.05) is 39.0 Å². The quantitative estimate of drug-likeness (QED) is 0.881. The van der Waals surface area contributed by atoms with Crippen molar-refractivity contribution in [1.29, 1.82) is 0 Å². The summed E-state index contributed by atoms with van der Waals surface area (Å²) in [6, 6.07) is 10.1. The van der Waals surface area contributed by atoms with Crippen LogP contribution in [0.25, 0.3) is 0 Å². The Kier molecular flexibility index (Phi) is 4.46. The Morgan fingerprint density at radius 2 is 1.62 bits per heavy atom. The number of para-hydroxylation sites is 1. The van der Waals surface area contributed by atoms with E-state index in [1.165, 1.54) is 0 Å². The van der Waals surface area contributed by atoms with Crippen LogP contribution in [0.4, 0.5) is 17.3 Å². The molecule has 0 saturated heterocycles. The Morgan fingerprint density at radius 3 is 2.19 bits per heavy atom. The normalized spacial score (nSPS) is 11.3. The topological polar surface area (TPSA) is 49.8 Å². The first-order chi connectivity index (χ1) is 9.91. The minimum Gasteiger partial charge on any atom is -0.370 e.